The summed E-state index contributed by atoms with van der Waals surface area (Å²) < 4.78 is 29.6. The fraction of sp³-hybridized carbons (Fsp3) is 0.188. The van der Waals surface area contributed by atoms with Crippen LogP contribution in [0.25, 0.3) is 0 Å². The fourth-order valence-electron chi connectivity index (χ4n) is 4.67. The second kappa shape index (κ2) is 14.8. The molecule has 2 amide bonds. The molecule has 0 fully saturated rings. The van der Waals surface area contributed by atoms with Gasteiger partial charge in [-0.2, -0.15) is 0 Å². The number of benzene rings is 4. The molecule has 0 aliphatic carbocycles. The Labute approximate surface area is 264 Å². The molecule has 228 valence electrons. The number of nitro groups is 1. The summed E-state index contributed by atoms with van der Waals surface area (Å²) >= 11 is 3.45. The van der Waals surface area contributed by atoms with Crippen molar-refractivity contribution in [2.24, 2.45) is 0 Å². The molecule has 4 aromatic rings. The van der Waals surface area contributed by atoms with Crippen LogP contribution in [0.5, 0.6) is 0 Å². The zero-order chi connectivity index (χ0) is 31.7. The first-order chi connectivity index (χ1) is 21.1. The van der Waals surface area contributed by atoms with Crippen molar-refractivity contribution in [3.05, 3.63) is 135 Å². The van der Waals surface area contributed by atoms with Crippen molar-refractivity contribution in [2.75, 3.05) is 17.4 Å². The van der Waals surface area contributed by atoms with Gasteiger partial charge in [0.2, 0.25) is 11.8 Å². The van der Waals surface area contributed by atoms with E-state index < -0.39 is 33.4 Å². The van der Waals surface area contributed by atoms with Crippen molar-refractivity contribution in [1.29, 1.82) is 0 Å². The van der Waals surface area contributed by atoms with Crippen LogP contribution in [-0.2, 0) is 32.6 Å². The first-order valence-electron chi connectivity index (χ1n) is 13.8. The molecule has 0 aliphatic rings. The zero-order valence-corrected chi connectivity index (χ0v) is 26.3. The maximum Gasteiger partial charge on any atom is 0.269 e. The van der Waals surface area contributed by atoms with E-state index in [0.29, 0.717) is 6.54 Å². The first kappa shape index (κ1) is 32.4. The van der Waals surface area contributed by atoms with Gasteiger partial charge in [0.25, 0.3) is 15.7 Å². The minimum atomic E-state index is -4.30. The van der Waals surface area contributed by atoms with E-state index in [9.17, 15) is 28.1 Å². The number of nitro benzene ring substituents is 1. The quantitative estimate of drug-likeness (QED) is 0.150. The van der Waals surface area contributed by atoms with Gasteiger partial charge in [0.15, 0.2) is 0 Å². The number of non-ortho nitro benzene ring substituents is 1. The summed E-state index contributed by atoms with van der Waals surface area (Å²) in [6.45, 7) is 1.47. The molecule has 0 aliphatic heterocycles. The molecule has 0 aromatic heterocycles. The SMILES string of the molecule is CCNC(=O)C(Cc1ccccc1)N(Cc1cccc(Br)c1)C(=O)CN(c1ccc([N+](=O)[O-])cc1)S(=O)(=O)c1ccccc1. The van der Waals surface area contributed by atoms with Crippen molar-refractivity contribution in [1.82, 2.24) is 10.2 Å². The van der Waals surface area contributed by atoms with E-state index in [1.165, 1.54) is 41.3 Å². The Morgan fingerprint density at radius 1 is 0.886 bits per heavy atom. The van der Waals surface area contributed by atoms with Crippen LogP contribution in [0.15, 0.2) is 119 Å². The molecular formula is C32H31BrN4O6S. The monoisotopic (exact) mass is 678 g/mol. The van der Waals surface area contributed by atoms with Gasteiger partial charge in [0.05, 0.1) is 15.5 Å². The van der Waals surface area contributed by atoms with Crippen molar-refractivity contribution in [2.45, 2.75) is 30.8 Å². The number of likely N-dealkylation sites (N-methyl/N-ethyl adjacent to an activating group) is 1. The van der Waals surface area contributed by atoms with Gasteiger partial charge in [-0.1, -0.05) is 76.6 Å². The number of sulfonamides is 1. The number of hydrogen-bond acceptors (Lipinski definition) is 6. The Hall–Kier alpha value is -4.55. The van der Waals surface area contributed by atoms with Gasteiger partial charge in [0, 0.05) is 36.1 Å². The van der Waals surface area contributed by atoms with Gasteiger partial charge in [-0.25, -0.2) is 8.42 Å². The second-order valence-corrected chi connectivity index (χ2v) is 12.6. The van der Waals surface area contributed by atoms with Crippen molar-refractivity contribution < 1.29 is 22.9 Å². The van der Waals surface area contributed by atoms with E-state index in [1.54, 1.807) is 25.1 Å². The predicted octanol–water partition coefficient (Wildman–Crippen LogP) is 5.33. The molecular weight excluding hydrogens is 648 g/mol. The van der Waals surface area contributed by atoms with Gasteiger partial charge in [-0.3, -0.25) is 24.0 Å². The van der Waals surface area contributed by atoms with Crippen molar-refractivity contribution in [3.63, 3.8) is 0 Å². The van der Waals surface area contributed by atoms with Crippen LogP contribution in [0.1, 0.15) is 18.1 Å². The Kier molecular flexibility index (Phi) is 10.9. The molecule has 1 unspecified atom stereocenters. The van der Waals surface area contributed by atoms with Gasteiger partial charge in [0.1, 0.15) is 12.6 Å². The van der Waals surface area contributed by atoms with E-state index in [2.05, 4.69) is 21.2 Å². The number of rotatable bonds is 13. The lowest BCUT2D eigenvalue weighted by molar-refractivity contribution is -0.384. The smallest absolute Gasteiger partial charge is 0.269 e. The molecule has 0 spiro atoms. The highest BCUT2D eigenvalue weighted by Gasteiger charge is 2.34. The summed E-state index contributed by atoms with van der Waals surface area (Å²) in [7, 11) is -4.30. The van der Waals surface area contributed by atoms with Crippen LogP contribution in [0, 0.1) is 10.1 Å². The third-order valence-electron chi connectivity index (χ3n) is 6.82. The summed E-state index contributed by atoms with van der Waals surface area (Å²) in [5.74, 6) is -1.01. The van der Waals surface area contributed by atoms with Gasteiger partial charge in [-0.15, -0.1) is 0 Å². The molecule has 1 atom stereocenters. The highest BCUT2D eigenvalue weighted by Crippen LogP contribution is 2.27. The van der Waals surface area contributed by atoms with Gasteiger partial charge < -0.3 is 10.2 Å². The highest BCUT2D eigenvalue weighted by atomic mass is 79.9. The molecule has 0 heterocycles. The van der Waals surface area contributed by atoms with E-state index in [1.807, 2.05) is 54.6 Å². The van der Waals surface area contributed by atoms with E-state index >= 15 is 0 Å². The first-order valence-corrected chi connectivity index (χ1v) is 16.0. The lowest BCUT2D eigenvalue weighted by atomic mass is 10.0. The molecule has 1 N–H and O–H groups in total. The van der Waals surface area contributed by atoms with Crippen LogP contribution in [0.3, 0.4) is 0 Å². The van der Waals surface area contributed by atoms with Crippen molar-refractivity contribution in [3.8, 4) is 0 Å². The normalized spacial score (nSPS) is 11.8. The molecule has 4 rings (SSSR count). The maximum absolute atomic E-state index is 14.3. The Morgan fingerprint density at radius 2 is 1.50 bits per heavy atom. The van der Waals surface area contributed by atoms with Crippen LogP contribution >= 0.6 is 15.9 Å². The standard InChI is InChI=1S/C32H31BrN4O6S/c1-2-34-32(39)30(21-24-10-5-3-6-11-24)35(22-25-12-9-13-26(33)20-25)31(38)23-36(27-16-18-28(19-17-27)37(40)41)44(42,43)29-14-7-4-8-15-29/h3-20,30H,2,21-23H2,1H3,(H,34,39). The van der Waals surface area contributed by atoms with Crippen molar-refractivity contribution >= 4 is 49.1 Å². The number of nitrogens with zero attached hydrogens (tertiary/aromatic N) is 3. The summed E-state index contributed by atoms with van der Waals surface area (Å²) in [6.07, 6.45) is 0.190. The molecule has 10 nitrogen and oxygen atoms in total. The largest absolute Gasteiger partial charge is 0.355 e. The third kappa shape index (κ3) is 8.08. The molecule has 4 aromatic carbocycles. The number of halogens is 1. The lowest BCUT2D eigenvalue weighted by Crippen LogP contribution is -2.53. The van der Waals surface area contributed by atoms with Crippen LogP contribution < -0.4 is 9.62 Å². The summed E-state index contributed by atoms with van der Waals surface area (Å²) in [6, 6.07) is 28.1. The Morgan fingerprint density at radius 3 is 2.09 bits per heavy atom. The third-order valence-corrected chi connectivity index (χ3v) is 9.10. The molecule has 44 heavy (non-hydrogen) atoms. The van der Waals surface area contributed by atoms with Crippen LogP contribution in [0.4, 0.5) is 11.4 Å². The number of carbonyl (C=O) groups excluding carboxylic acids is 2. The molecule has 0 radical (unpaired) electrons. The summed E-state index contributed by atoms with van der Waals surface area (Å²) in [4.78, 5) is 39.9. The van der Waals surface area contributed by atoms with E-state index in [0.717, 1.165) is 19.9 Å². The summed E-state index contributed by atoms with van der Waals surface area (Å²) in [5.41, 5.74) is 1.38. The predicted molar refractivity (Wildman–Crippen MR) is 171 cm³/mol. The van der Waals surface area contributed by atoms with E-state index in [4.69, 9.17) is 0 Å². The maximum atomic E-state index is 14.3. The molecule has 0 saturated carbocycles. The number of nitrogens with one attached hydrogen (secondary N) is 1. The second-order valence-electron chi connectivity index (χ2n) is 9.85. The van der Waals surface area contributed by atoms with Gasteiger partial charge >= 0.3 is 0 Å². The average molecular weight is 680 g/mol. The minimum absolute atomic E-state index is 0.0202. The van der Waals surface area contributed by atoms with Crippen LogP contribution in [0.2, 0.25) is 0 Å². The molecule has 0 bridgehead atoms. The number of amides is 2. The molecule has 12 heteroatoms. The zero-order valence-electron chi connectivity index (χ0n) is 23.9. The number of anilines is 1. The highest BCUT2D eigenvalue weighted by molar-refractivity contribution is 9.10. The Bertz CT molecular complexity index is 1700. The van der Waals surface area contributed by atoms with Gasteiger partial charge in [-0.05, 0) is 54.4 Å². The fourth-order valence-corrected chi connectivity index (χ4v) is 6.55. The lowest BCUT2D eigenvalue weighted by Gasteiger charge is -2.33. The Balaban J connectivity index is 1.80. The minimum Gasteiger partial charge on any atom is -0.355 e. The number of carbonyl (C=O) groups is 2. The van der Waals surface area contributed by atoms with E-state index in [-0.39, 0.29) is 35.1 Å². The van der Waals surface area contributed by atoms with Crippen LogP contribution in [-0.4, -0.2) is 49.2 Å². The number of hydrogen-bond donors (Lipinski definition) is 1. The average Bonchev–Trinajstić information content (AvgIpc) is 3.02. The topological polar surface area (TPSA) is 130 Å². The molecule has 0 saturated heterocycles. The summed E-state index contributed by atoms with van der Waals surface area (Å²) in [5, 5.41) is 14.1.